The van der Waals surface area contributed by atoms with Gasteiger partial charge in [0.15, 0.2) is 0 Å². The zero-order chi connectivity index (χ0) is 14.2. The molecule has 0 aliphatic carbocycles. The number of nitrogens with zero attached hydrogens (tertiary/aromatic N) is 2. The van der Waals surface area contributed by atoms with E-state index in [2.05, 4.69) is 60.4 Å². The third-order valence-corrected chi connectivity index (χ3v) is 6.04. The smallest absolute Gasteiger partial charge is 0.275 e. The SMILES string of the molecule is CN(C)C.C[N+](C)(C)[Si](C)(C)C.C[Si](C)C.[Y]. The third kappa shape index (κ3) is 38.1. The minimum Gasteiger partial charge on any atom is -0.391 e. The van der Waals surface area contributed by atoms with Crippen molar-refractivity contribution in [2.24, 2.45) is 0 Å². The Kier molecular flexibility index (Phi) is 19.8. The summed E-state index contributed by atoms with van der Waals surface area (Å²) in [7, 11) is 12.0. The predicted octanol–water partition coefficient (Wildman–Crippen LogP) is 3.07. The molecule has 2 nitrogen and oxygen atoms in total. The van der Waals surface area contributed by atoms with Gasteiger partial charge in [0.25, 0.3) is 8.24 Å². The summed E-state index contributed by atoms with van der Waals surface area (Å²) in [4.78, 5) is 2.00. The van der Waals surface area contributed by atoms with Crippen LogP contribution in [0.15, 0.2) is 0 Å². The van der Waals surface area contributed by atoms with Gasteiger partial charge in [0.05, 0.1) is 21.1 Å². The summed E-state index contributed by atoms with van der Waals surface area (Å²) >= 11 is 0. The normalized spacial score (nSPS) is 10.9. The van der Waals surface area contributed by atoms with E-state index >= 15 is 0 Å². The largest absolute Gasteiger partial charge is 0.391 e. The van der Waals surface area contributed by atoms with Crippen molar-refractivity contribution in [3.8, 4) is 0 Å². The zero-order valence-electron chi connectivity index (χ0n) is 14.5. The van der Waals surface area contributed by atoms with Crippen molar-refractivity contribution in [3.63, 3.8) is 0 Å². The zero-order valence-corrected chi connectivity index (χ0v) is 19.3. The minimum atomic E-state index is -0.921. The molecule has 0 atom stereocenters. The van der Waals surface area contributed by atoms with Gasteiger partial charge < -0.3 is 9.05 Å². The van der Waals surface area contributed by atoms with Gasteiger partial charge in [-0.3, -0.25) is 0 Å². The van der Waals surface area contributed by atoms with Gasteiger partial charge in [0.2, 0.25) is 0 Å². The van der Waals surface area contributed by atoms with Gasteiger partial charge in [0.1, 0.15) is 0 Å². The molecular formula is C12H36N2Si2Y+. The van der Waals surface area contributed by atoms with Crippen molar-refractivity contribution in [3.05, 3.63) is 0 Å². The van der Waals surface area contributed by atoms with E-state index in [4.69, 9.17) is 0 Å². The first-order chi connectivity index (χ1) is 6.71. The molecule has 0 bridgehead atoms. The molecule has 0 aliphatic rings. The van der Waals surface area contributed by atoms with Crippen LogP contribution in [-0.4, -0.2) is 68.4 Å². The summed E-state index contributed by atoms with van der Waals surface area (Å²) in [6, 6.07) is 0. The Balaban J connectivity index is -0.0000000806. The maximum absolute atomic E-state index is 2.38. The van der Waals surface area contributed by atoms with Crippen LogP contribution in [0, 0.1) is 0 Å². The van der Waals surface area contributed by atoms with Crippen LogP contribution in [0.4, 0.5) is 0 Å². The van der Waals surface area contributed by atoms with E-state index in [1.165, 1.54) is 0 Å². The average molecular weight is 354 g/mol. The standard InChI is InChI=1S/C6H18NSi.C3H9N.C3H9Si.Y/c1-7(2,3)8(4,5)6;2*1-4(2)3;/h1-6H3;2*1-3H3;/q+1;;;. The number of quaternary nitrogens is 1. The van der Waals surface area contributed by atoms with E-state index in [1.54, 1.807) is 0 Å². The third-order valence-electron chi connectivity index (χ3n) is 2.01. The molecule has 17 heavy (non-hydrogen) atoms. The molecule has 0 aromatic carbocycles. The van der Waals surface area contributed by atoms with Crippen molar-refractivity contribution in [1.82, 2.24) is 4.90 Å². The Morgan fingerprint density at radius 3 is 0.882 bits per heavy atom. The molecule has 0 saturated carbocycles. The second-order valence-electron chi connectivity index (χ2n) is 7.02. The predicted molar refractivity (Wildman–Crippen MR) is 84.3 cm³/mol. The molecular weight excluding hydrogens is 317 g/mol. The first-order valence-corrected chi connectivity index (χ1v) is 12.4. The van der Waals surface area contributed by atoms with Gasteiger partial charge in [-0.1, -0.05) is 19.6 Å². The monoisotopic (exact) mass is 353 g/mol. The number of rotatable bonds is 1. The van der Waals surface area contributed by atoms with Gasteiger partial charge in [-0.2, -0.15) is 0 Å². The van der Waals surface area contributed by atoms with Gasteiger partial charge in [-0.15, -0.1) is 0 Å². The summed E-state index contributed by atoms with van der Waals surface area (Å²) in [5.41, 5.74) is 0. The maximum Gasteiger partial charge on any atom is 0.275 e. The Hall–Kier alpha value is 1.46. The quantitative estimate of drug-likeness (QED) is 0.655. The molecule has 0 heterocycles. The van der Waals surface area contributed by atoms with Gasteiger partial charge in [-0.05, 0) is 40.8 Å². The van der Waals surface area contributed by atoms with Crippen LogP contribution in [0.25, 0.3) is 0 Å². The molecule has 0 spiro atoms. The average Bonchev–Trinajstić information content (AvgIpc) is 1.76. The van der Waals surface area contributed by atoms with Gasteiger partial charge >= 0.3 is 0 Å². The van der Waals surface area contributed by atoms with Crippen molar-refractivity contribution >= 4 is 17.0 Å². The van der Waals surface area contributed by atoms with Crippen molar-refractivity contribution in [2.75, 3.05) is 42.3 Å². The summed E-state index contributed by atoms with van der Waals surface area (Å²) in [6.07, 6.45) is 0. The van der Waals surface area contributed by atoms with E-state index in [9.17, 15) is 0 Å². The van der Waals surface area contributed by atoms with E-state index < -0.39 is 8.24 Å². The Morgan fingerprint density at radius 2 is 0.882 bits per heavy atom. The van der Waals surface area contributed by atoms with Crippen LogP contribution < -0.4 is 0 Å². The van der Waals surface area contributed by atoms with Crippen molar-refractivity contribution in [2.45, 2.75) is 39.3 Å². The molecule has 2 radical (unpaired) electrons. The molecule has 0 aliphatic heterocycles. The fourth-order valence-corrected chi connectivity index (χ4v) is 0. The molecule has 0 unspecified atom stereocenters. The molecule has 0 N–H and O–H groups in total. The van der Waals surface area contributed by atoms with E-state index in [-0.39, 0.29) is 41.5 Å². The molecule has 5 heteroatoms. The molecule has 0 aromatic heterocycles. The van der Waals surface area contributed by atoms with Crippen LogP contribution in [0.2, 0.25) is 39.3 Å². The summed E-state index contributed by atoms with van der Waals surface area (Å²) < 4.78 is 1.16. The second kappa shape index (κ2) is 12.5. The van der Waals surface area contributed by atoms with Crippen LogP contribution in [0.5, 0.6) is 0 Å². The van der Waals surface area contributed by atoms with E-state index in [0.717, 1.165) is 4.15 Å². The molecule has 0 fully saturated rings. The van der Waals surface area contributed by atoms with Crippen LogP contribution in [0.3, 0.4) is 0 Å². The number of hydrogen-bond donors (Lipinski definition) is 0. The van der Waals surface area contributed by atoms with Crippen molar-refractivity contribution in [1.29, 1.82) is 0 Å². The van der Waals surface area contributed by atoms with Crippen LogP contribution in [-0.2, 0) is 32.7 Å². The fraction of sp³-hybridized carbons (Fsp3) is 1.00. The Labute approximate surface area is 139 Å². The minimum absolute atomic E-state index is 0. The topological polar surface area (TPSA) is 3.24 Å². The van der Waals surface area contributed by atoms with Crippen molar-refractivity contribution < 1.29 is 36.9 Å². The van der Waals surface area contributed by atoms with Crippen LogP contribution >= 0.6 is 0 Å². The summed E-state index contributed by atoms with van der Waals surface area (Å²) in [6.45, 7) is 14.0. The molecule has 0 aromatic rings. The Morgan fingerprint density at radius 1 is 0.824 bits per heavy atom. The van der Waals surface area contributed by atoms with E-state index in [1.807, 2.05) is 26.0 Å². The van der Waals surface area contributed by atoms with Gasteiger partial charge in [-0.25, -0.2) is 0 Å². The fourth-order valence-electron chi connectivity index (χ4n) is 0. The van der Waals surface area contributed by atoms with Gasteiger partial charge in [0, 0.05) is 41.5 Å². The second-order valence-corrected chi connectivity index (χ2v) is 15.7. The van der Waals surface area contributed by atoms with Crippen LogP contribution in [0.1, 0.15) is 0 Å². The molecule has 0 rings (SSSR count). The first kappa shape index (κ1) is 26.9. The molecule has 0 amide bonds. The molecule has 104 valence electrons. The maximum atomic E-state index is 2.38. The van der Waals surface area contributed by atoms with E-state index in [0.29, 0.717) is 0 Å². The molecule has 0 saturated heterocycles. The number of hydrogen-bond acceptors (Lipinski definition) is 1. The summed E-state index contributed by atoms with van der Waals surface area (Å²) in [5.74, 6) is 0. The summed E-state index contributed by atoms with van der Waals surface area (Å²) in [5, 5.41) is 0. The Bertz CT molecular complexity index is 126. The first-order valence-electron chi connectivity index (χ1n) is 5.91.